The minimum atomic E-state index is -0.854. The minimum absolute atomic E-state index is 0.0856. The molecule has 1 atom stereocenters. The Morgan fingerprint density at radius 2 is 2.00 bits per heavy atom. The van der Waals surface area contributed by atoms with E-state index in [4.69, 9.17) is 0 Å². The molecule has 0 aromatic carbocycles. The lowest BCUT2D eigenvalue weighted by Crippen LogP contribution is -2.28. The highest BCUT2D eigenvalue weighted by atomic mass is 16.4. The van der Waals surface area contributed by atoms with E-state index in [2.05, 4.69) is 21.6 Å². The summed E-state index contributed by atoms with van der Waals surface area (Å²) in [5.74, 6) is -1.05. The molecule has 1 aromatic heterocycles. The van der Waals surface area contributed by atoms with Crippen LogP contribution in [-0.2, 0) is 4.79 Å². The number of nitrogens with one attached hydrogen (secondary N) is 1. The van der Waals surface area contributed by atoms with Crippen molar-refractivity contribution in [1.29, 1.82) is 5.26 Å². The summed E-state index contributed by atoms with van der Waals surface area (Å²) >= 11 is 0. The summed E-state index contributed by atoms with van der Waals surface area (Å²) in [5, 5.41) is 29.4. The maximum atomic E-state index is 11.3. The molecule has 0 aliphatic heterocycles. The molecule has 0 fully saturated rings. The summed E-state index contributed by atoms with van der Waals surface area (Å²) in [6.07, 6.45) is 0.537. The zero-order chi connectivity index (χ0) is 16.2. The fourth-order valence-electron chi connectivity index (χ4n) is 2.07. The van der Waals surface area contributed by atoms with E-state index in [1.165, 1.54) is 0 Å². The molecule has 6 nitrogen and oxygen atoms in total. The molecule has 1 heterocycles. The van der Waals surface area contributed by atoms with Crippen molar-refractivity contribution in [3.8, 4) is 6.07 Å². The van der Waals surface area contributed by atoms with Crippen LogP contribution in [0.3, 0.4) is 0 Å². The van der Waals surface area contributed by atoms with Crippen molar-refractivity contribution in [3.63, 3.8) is 0 Å². The summed E-state index contributed by atoms with van der Waals surface area (Å²) in [4.78, 5) is 11.3. The van der Waals surface area contributed by atoms with E-state index in [0.717, 1.165) is 5.56 Å². The summed E-state index contributed by atoms with van der Waals surface area (Å²) in [6.45, 7) is 9.81. The molecule has 0 saturated heterocycles. The molecule has 0 amide bonds. The number of aryl methyl sites for hydroxylation is 1. The smallest absolute Gasteiger partial charge is 0.308 e. The molecule has 0 aliphatic rings. The molecular formula is C15H22N4O2. The van der Waals surface area contributed by atoms with E-state index in [0.29, 0.717) is 23.5 Å². The predicted molar refractivity (Wildman–Crippen MR) is 79.9 cm³/mol. The SMILES string of the molecule is Cc1nnc(NCC(CC(C)(C)C)C(=O)O)c(C#N)c1C. The van der Waals surface area contributed by atoms with Crippen LogP contribution in [-0.4, -0.2) is 27.8 Å². The lowest BCUT2D eigenvalue weighted by molar-refractivity contribution is -0.142. The number of carbonyl (C=O) groups is 1. The Bertz CT molecular complexity index is 570. The molecule has 1 aromatic rings. The minimum Gasteiger partial charge on any atom is -0.481 e. The van der Waals surface area contributed by atoms with Gasteiger partial charge in [0, 0.05) is 6.54 Å². The van der Waals surface area contributed by atoms with Crippen molar-refractivity contribution in [2.45, 2.75) is 41.0 Å². The molecule has 114 valence electrons. The molecule has 0 radical (unpaired) electrons. The number of carboxylic acid groups (broad SMARTS) is 1. The Morgan fingerprint density at radius 3 is 2.48 bits per heavy atom. The number of hydrogen-bond donors (Lipinski definition) is 2. The van der Waals surface area contributed by atoms with Gasteiger partial charge in [0.25, 0.3) is 0 Å². The van der Waals surface area contributed by atoms with Gasteiger partial charge in [0.05, 0.1) is 11.6 Å². The van der Waals surface area contributed by atoms with E-state index in [1.54, 1.807) is 13.8 Å². The van der Waals surface area contributed by atoms with Gasteiger partial charge in [-0.1, -0.05) is 20.8 Å². The maximum absolute atomic E-state index is 11.3. The van der Waals surface area contributed by atoms with Crippen molar-refractivity contribution >= 4 is 11.8 Å². The average molecular weight is 290 g/mol. The van der Waals surface area contributed by atoms with E-state index in [-0.39, 0.29) is 12.0 Å². The Morgan fingerprint density at radius 1 is 1.38 bits per heavy atom. The molecular weight excluding hydrogens is 268 g/mol. The second-order valence-corrected chi connectivity index (χ2v) is 6.43. The molecule has 21 heavy (non-hydrogen) atoms. The van der Waals surface area contributed by atoms with E-state index in [9.17, 15) is 15.2 Å². The predicted octanol–water partition coefficient (Wildman–Crippen LogP) is 2.51. The zero-order valence-corrected chi connectivity index (χ0v) is 13.2. The average Bonchev–Trinajstić information content (AvgIpc) is 2.37. The summed E-state index contributed by atoms with van der Waals surface area (Å²) in [7, 11) is 0. The van der Waals surface area contributed by atoms with Crippen molar-refractivity contribution in [2.24, 2.45) is 11.3 Å². The van der Waals surface area contributed by atoms with Crippen molar-refractivity contribution in [2.75, 3.05) is 11.9 Å². The standard InChI is InChI=1S/C15H22N4O2/c1-9-10(2)18-19-13(12(9)7-16)17-8-11(14(20)21)6-15(3,4)5/h11H,6,8H2,1-5H3,(H,17,19)(H,20,21). The number of aromatic nitrogens is 2. The van der Waals surface area contributed by atoms with Crippen molar-refractivity contribution in [1.82, 2.24) is 10.2 Å². The molecule has 2 N–H and O–H groups in total. The molecule has 1 unspecified atom stereocenters. The molecule has 0 bridgehead atoms. The number of nitrogens with zero attached hydrogens (tertiary/aromatic N) is 3. The Labute approximate surface area is 125 Å². The van der Waals surface area contributed by atoms with Crippen LogP contribution < -0.4 is 5.32 Å². The molecule has 1 rings (SSSR count). The Balaban J connectivity index is 2.89. The Hall–Kier alpha value is -2.16. The lowest BCUT2D eigenvalue weighted by Gasteiger charge is -2.23. The Kier molecular flexibility index (Phi) is 5.25. The van der Waals surface area contributed by atoms with Gasteiger partial charge in [-0.15, -0.1) is 5.10 Å². The van der Waals surface area contributed by atoms with Crippen LogP contribution in [0.4, 0.5) is 5.82 Å². The van der Waals surface area contributed by atoms with E-state index in [1.807, 2.05) is 20.8 Å². The van der Waals surface area contributed by atoms with E-state index < -0.39 is 11.9 Å². The van der Waals surface area contributed by atoms with Crippen LogP contribution in [0.5, 0.6) is 0 Å². The van der Waals surface area contributed by atoms with Gasteiger partial charge in [-0.05, 0) is 31.2 Å². The second kappa shape index (κ2) is 6.53. The lowest BCUT2D eigenvalue weighted by atomic mass is 9.84. The van der Waals surface area contributed by atoms with Crippen LogP contribution >= 0.6 is 0 Å². The summed E-state index contributed by atoms with van der Waals surface area (Å²) < 4.78 is 0. The number of aliphatic carboxylic acids is 1. The monoisotopic (exact) mass is 290 g/mol. The topological polar surface area (TPSA) is 98.9 Å². The van der Waals surface area contributed by atoms with Crippen molar-refractivity contribution in [3.05, 3.63) is 16.8 Å². The van der Waals surface area contributed by atoms with Gasteiger partial charge in [0.15, 0.2) is 5.82 Å². The van der Waals surface area contributed by atoms with Crippen LogP contribution in [0.2, 0.25) is 0 Å². The highest BCUT2D eigenvalue weighted by molar-refractivity contribution is 5.71. The number of nitriles is 1. The zero-order valence-electron chi connectivity index (χ0n) is 13.2. The van der Waals surface area contributed by atoms with Gasteiger partial charge < -0.3 is 10.4 Å². The quantitative estimate of drug-likeness (QED) is 0.864. The maximum Gasteiger partial charge on any atom is 0.308 e. The summed E-state index contributed by atoms with van der Waals surface area (Å²) in [5.41, 5.74) is 1.79. The van der Waals surface area contributed by atoms with Gasteiger partial charge in [-0.2, -0.15) is 10.4 Å². The largest absolute Gasteiger partial charge is 0.481 e. The first-order chi connectivity index (χ1) is 9.65. The molecule has 0 aliphatic carbocycles. The van der Waals surface area contributed by atoms with Crippen molar-refractivity contribution < 1.29 is 9.90 Å². The molecule has 0 spiro atoms. The number of carboxylic acids is 1. The molecule has 0 saturated carbocycles. The van der Waals surface area contributed by atoms with Crippen LogP contribution in [0, 0.1) is 36.5 Å². The fourth-order valence-corrected chi connectivity index (χ4v) is 2.07. The van der Waals surface area contributed by atoms with Gasteiger partial charge in [0.1, 0.15) is 11.6 Å². The second-order valence-electron chi connectivity index (χ2n) is 6.43. The van der Waals surface area contributed by atoms with Crippen LogP contribution in [0.25, 0.3) is 0 Å². The van der Waals surface area contributed by atoms with Gasteiger partial charge in [-0.3, -0.25) is 4.79 Å². The third kappa shape index (κ3) is 4.71. The first-order valence-corrected chi connectivity index (χ1v) is 6.86. The first-order valence-electron chi connectivity index (χ1n) is 6.86. The normalized spacial score (nSPS) is 12.6. The van der Waals surface area contributed by atoms with Gasteiger partial charge in [0.2, 0.25) is 0 Å². The third-order valence-corrected chi connectivity index (χ3v) is 3.29. The molecule has 6 heteroatoms. The van der Waals surface area contributed by atoms with Crippen LogP contribution in [0.15, 0.2) is 0 Å². The van der Waals surface area contributed by atoms with Crippen LogP contribution in [0.1, 0.15) is 44.0 Å². The number of hydrogen-bond acceptors (Lipinski definition) is 5. The number of anilines is 1. The highest BCUT2D eigenvalue weighted by Crippen LogP contribution is 2.25. The highest BCUT2D eigenvalue weighted by Gasteiger charge is 2.25. The summed E-state index contributed by atoms with van der Waals surface area (Å²) in [6, 6.07) is 2.09. The van der Waals surface area contributed by atoms with E-state index >= 15 is 0 Å². The third-order valence-electron chi connectivity index (χ3n) is 3.29. The van der Waals surface area contributed by atoms with Gasteiger partial charge >= 0.3 is 5.97 Å². The first kappa shape index (κ1) is 16.9. The fraction of sp³-hybridized carbons (Fsp3) is 0.600. The number of rotatable bonds is 5. The van der Waals surface area contributed by atoms with Gasteiger partial charge in [-0.25, -0.2) is 0 Å².